The molecule has 0 fully saturated rings. The molecule has 5 aromatic carbocycles. The lowest BCUT2D eigenvalue weighted by Crippen LogP contribution is -2.13. The molecule has 6 aromatic rings. The van der Waals surface area contributed by atoms with Crippen molar-refractivity contribution in [3.8, 4) is 5.75 Å². The van der Waals surface area contributed by atoms with Crippen molar-refractivity contribution in [3.05, 3.63) is 139 Å². The molecule has 0 aliphatic carbocycles. The minimum atomic E-state index is 0.796. The van der Waals surface area contributed by atoms with Crippen molar-refractivity contribution in [3.63, 3.8) is 0 Å². The zero-order valence-corrected chi connectivity index (χ0v) is 21.3. The van der Waals surface area contributed by atoms with Gasteiger partial charge in [0, 0.05) is 44.7 Å². The van der Waals surface area contributed by atoms with Crippen LogP contribution in [0.4, 0.5) is 34.1 Å². The van der Waals surface area contributed by atoms with Crippen LogP contribution in [0.1, 0.15) is 0 Å². The lowest BCUT2D eigenvalue weighted by atomic mass is 10.1. The lowest BCUT2D eigenvalue weighted by Gasteiger charge is -2.29. The van der Waals surface area contributed by atoms with E-state index in [0.29, 0.717) is 0 Å². The Morgan fingerprint density at radius 1 is 0.514 bits per heavy atom. The fourth-order valence-electron chi connectivity index (χ4n) is 4.69. The number of nitrogens with zero attached hydrogens (tertiary/aromatic N) is 2. The van der Waals surface area contributed by atoms with Crippen LogP contribution >= 0.6 is 11.3 Å². The number of para-hydroxylation sites is 3. The van der Waals surface area contributed by atoms with Crippen molar-refractivity contribution in [2.45, 2.75) is 0 Å². The topological polar surface area (TPSA) is 15.7 Å². The molecular formula is C33H26N2OS. The maximum absolute atomic E-state index is 5.86. The monoisotopic (exact) mass is 498 g/mol. The van der Waals surface area contributed by atoms with Crippen molar-refractivity contribution < 1.29 is 4.74 Å². The van der Waals surface area contributed by atoms with E-state index in [0.717, 1.165) is 39.9 Å². The van der Waals surface area contributed by atoms with Gasteiger partial charge in [0.1, 0.15) is 5.75 Å². The fraction of sp³-hybridized carbons (Fsp3) is 0.0303. The van der Waals surface area contributed by atoms with Crippen LogP contribution in [0.15, 0.2) is 139 Å². The van der Waals surface area contributed by atoms with Crippen molar-refractivity contribution in [2.75, 3.05) is 16.9 Å². The molecule has 0 aliphatic heterocycles. The summed E-state index contributed by atoms with van der Waals surface area (Å²) in [6.45, 7) is 0. The van der Waals surface area contributed by atoms with E-state index in [2.05, 4.69) is 137 Å². The van der Waals surface area contributed by atoms with Gasteiger partial charge in [-0.3, -0.25) is 0 Å². The molecule has 180 valence electrons. The minimum Gasteiger partial charge on any atom is -0.497 e. The molecule has 1 aromatic heterocycles. The second-order valence-corrected chi connectivity index (χ2v) is 9.60. The molecule has 0 saturated carbocycles. The van der Waals surface area contributed by atoms with Gasteiger partial charge in [0.05, 0.1) is 24.2 Å². The summed E-state index contributed by atoms with van der Waals surface area (Å²) in [6, 6.07) is 46.4. The normalized spacial score (nSPS) is 10.8. The number of anilines is 6. The highest BCUT2D eigenvalue weighted by Gasteiger charge is 2.20. The molecule has 0 radical (unpaired) electrons. The van der Waals surface area contributed by atoms with E-state index in [-0.39, 0.29) is 0 Å². The molecule has 0 N–H and O–H groups in total. The van der Waals surface area contributed by atoms with E-state index < -0.39 is 0 Å². The first kappa shape index (κ1) is 22.9. The Hall–Kier alpha value is -4.54. The van der Waals surface area contributed by atoms with Crippen molar-refractivity contribution in [1.29, 1.82) is 0 Å². The van der Waals surface area contributed by atoms with E-state index >= 15 is 0 Å². The van der Waals surface area contributed by atoms with E-state index in [1.807, 2.05) is 12.1 Å². The molecule has 0 aliphatic rings. The first-order valence-corrected chi connectivity index (χ1v) is 13.1. The molecular weight excluding hydrogens is 472 g/mol. The SMILES string of the molecule is COc1cc(N(c2ccccc2)c2ccccc2)cc(N(c2ccccc2)c2csc3ccccc23)c1. The van der Waals surface area contributed by atoms with Gasteiger partial charge in [-0.2, -0.15) is 0 Å². The molecule has 37 heavy (non-hydrogen) atoms. The van der Waals surface area contributed by atoms with Crippen LogP contribution in [0.2, 0.25) is 0 Å². The minimum absolute atomic E-state index is 0.796. The number of thiophene rings is 1. The second kappa shape index (κ2) is 10.2. The Balaban J connectivity index is 1.58. The number of methoxy groups -OCH3 is 1. The Morgan fingerprint density at radius 3 is 1.57 bits per heavy atom. The van der Waals surface area contributed by atoms with Crippen LogP contribution in [0.25, 0.3) is 10.1 Å². The third-order valence-corrected chi connectivity index (χ3v) is 7.32. The summed E-state index contributed by atoms with van der Waals surface area (Å²) >= 11 is 1.76. The maximum Gasteiger partial charge on any atom is 0.123 e. The third-order valence-electron chi connectivity index (χ3n) is 6.37. The molecule has 0 bridgehead atoms. The zero-order valence-electron chi connectivity index (χ0n) is 20.5. The van der Waals surface area contributed by atoms with Gasteiger partial charge in [-0.15, -0.1) is 11.3 Å². The van der Waals surface area contributed by atoms with Crippen LogP contribution in [0.3, 0.4) is 0 Å². The van der Waals surface area contributed by atoms with Crippen LogP contribution in [0, 0.1) is 0 Å². The van der Waals surface area contributed by atoms with Gasteiger partial charge in [0.15, 0.2) is 0 Å². The van der Waals surface area contributed by atoms with Crippen molar-refractivity contribution in [1.82, 2.24) is 0 Å². The molecule has 0 saturated heterocycles. The molecule has 4 heteroatoms. The number of rotatable bonds is 7. The highest BCUT2D eigenvalue weighted by atomic mass is 32.1. The van der Waals surface area contributed by atoms with Gasteiger partial charge in [-0.25, -0.2) is 0 Å². The summed E-state index contributed by atoms with van der Waals surface area (Å²) in [7, 11) is 1.73. The van der Waals surface area contributed by atoms with Gasteiger partial charge in [-0.1, -0.05) is 72.8 Å². The summed E-state index contributed by atoms with van der Waals surface area (Å²) in [5.41, 5.74) is 6.46. The summed E-state index contributed by atoms with van der Waals surface area (Å²) < 4.78 is 7.12. The molecule has 6 rings (SSSR count). The molecule has 0 unspecified atom stereocenters. The Morgan fingerprint density at radius 2 is 1.00 bits per heavy atom. The van der Waals surface area contributed by atoms with E-state index in [4.69, 9.17) is 4.74 Å². The summed E-state index contributed by atoms with van der Waals surface area (Å²) in [5.74, 6) is 0.796. The molecule has 1 heterocycles. The number of hydrogen-bond donors (Lipinski definition) is 0. The highest BCUT2D eigenvalue weighted by molar-refractivity contribution is 7.17. The van der Waals surface area contributed by atoms with Gasteiger partial charge in [-0.05, 0) is 48.5 Å². The van der Waals surface area contributed by atoms with Crippen LogP contribution in [-0.2, 0) is 0 Å². The molecule has 0 amide bonds. The first-order chi connectivity index (χ1) is 18.3. The quantitative estimate of drug-likeness (QED) is 0.218. The smallest absolute Gasteiger partial charge is 0.123 e. The van der Waals surface area contributed by atoms with Crippen molar-refractivity contribution >= 4 is 55.5 Å². The summed E-state index contributed by atoms with van der Waals surface area (Å²) in [6.07, 6.45) is 0. The van der Waals surface area contributed by atoms with Gasteiger partial charge in [0.2, 0.25) is 0 Å². The Labute approximate surface area is 221 Å². The third kappa shape index (κ3) is 4.55. The lowest BCUT2D eigenvalue weighted by molar-refractivity contribution is 0.415. The molecule has 3 nitrogen and oxygen atoms in total. The number of fused-ring (bicyclic) bond motifs is 1. The van der Waals surface area contributed by atoms with E-state index in [9.17, 15) is 0 Å². The number of hydrogen-bond acceptors (Lipinski definition) is 4. The number of ether oxygens (including phenoxy) is 1. The Kier molecular flexibility index (Phi) is 6.32. The predicted molar refractivity (Wildman–Crippen MR) is 158 cm³/mol. The van der Waals surface area contributed by atoms with Crippen LogP contribution in [0.5, 0.6) is 5.75 Å². The van der Waals surface area contributed by atoms with E-state index in [1.165, 1.54) is 10.1 Å². The average Bonchev–Trinajstić information content (AvgIpc) is 3.39. The van der Waals surface area contributed by atoms with E-state index in [1.54, 1.807) is 18.4 Å². The predicted octanol–water partition coefficient (Wildman–Crippen LogP) is 9.85. The number of benzene rings is 5. The Bertz CT molecular complexity index is 1580. The van der Waals surface area contributed by atoms with Gasteiger partial charge >= 0.3 is 0 Å². The highest BCUT2D eigenvalue weighted by Crippen LogP contribution is 2.45. The summed E-state index contributed by atoms with van der Waals surface area (Å²) in [4.78, 5) is 4.58. The van der Waals surface area contributed by atoms with Gasteiger partial charge in [0.25, 0.3) is 0 Å². The second-order valence-electron chi connectivity index (χ2n) is 8.68. The fourth-order valence-corrected chi connectivity index (χ4v) is 5.61. The first-order valence-electron chi connectivity index (χ1n) is 12.2. The molecule has 0 atom stereocenters. The maximum atomic E-state index is 5.86. The average molecular weight is 499 g/mol. The van der Waals surface area contributed by atoms with Crippen LogP contribution < -0.4 is 14.5 Å². The zero-order chi connectivity index (χ0) is 25.0. The van der Waals surface area contributed by atoms with Crippen LogP contribution in [-0.4, -0.2) is 7.11 Å². The largest absolute Gasteiger partial charge is 0.497 e. The molecule has 0 spiro atoms. The summed E-state index contributed by atoms with van der Waals surface area (Å²) in [5, 5.41) is 3.46. The van der Waals surface area contributed by atoms with Gasteiger partial charge < -0.3 is 14.5 Å². The standard InChI is InChI=1S/C33H26N2OS/c1-36-30-22-28(34(25-13-5-2-6-14-25)26-15-7-3-8-16-26)21-29(23-30)35(27-17-9-4-10-18-27)32-24-37-33-20-12-11-19-31(32)33/h2-24H,1H3. The van der Waals surface area contributed by atoms with Crippen molar-refractivity contribution in [2.24, 2.45) is 0 Å².